The van der Waals surface area contributed by atoms with E-state index in [1.165, 1.54) is 12.0 Å². The fraction of sp³-hybridized carbons (Fsp3) is 0.417. The molecule has 1 aromatic rings. The summed E-state index contributed by atoms with van der Waals surface area (Å²) < 4.78 is 0. The van der Waals surface area contributed by atoms with Crippen molar-refractivity contribution < 1.29 is 4.79 Å². The minimum absolute atomic E-state index is 0.370. The molecule has 13 heavy (non-hydrogen) atoms. The second-order valence-corrected chi connectivity index (χ2v) is 4.17. The smallest absolute Gasteiger partial charge is 0.166 e. The lowest BCUT2D eigenvalue weighted by molar-refractivity contribution is 0.0706. The molecule has 2 aliphatic carbocycles. The average molecular weight is 172 g/mol. The highest BCUT2D eigenvalue weighted by Crippen LogP contribution is 2.43. The lowest BCUT2D eigenvalue weighted by atomic mass is 9.63. The van der Waals surface area contributed by atoms with Gasteiger partial charge in [0.05, 0.1) is 0 Å². The molecule has 0 bridgehead atoms. The van der Waals surface area contributed by atoms with Crippen LogP contribution in [0.5, 0.6) is 0 Å². The molecule has 0 unspecified atom stereocenters. The van der Waals surface area contributed by atoms with E-state index in [2.05, 4.69) is 6.07 Å². The van der Waals surface area contributed by atoms with Crippen LogP contribution in [0, 0.1) is 11.8 Å². The standard InChI is InChI=1S/C12H12O/c13-12-10-4-2-1-3-8(10)7-9-5-6-11(9)12/h1-4,9,11H,5-7H2/t9-,11-/m0/s1. The molecule has 2 atom stereocenters. The summed E-state index contributed by atoms with van der Waals surface area (Å²) in [5.41, 5.74) is 2.26. The molecular weight excluding hydrogens is 160 g/mol. The number of Topliss-reactive ketones (excluding diaryl/α,β-unsaturated/α-hetero) is 1. The van der Waals surface area contributed by atoms with Crippen molar-refractivity contribution in [2.75, 3.05) is 0 Å². The number of carbonyl (C=O) groups excluding carboxylic acids is 1. The number of rotatable bonds is 0. The molecule has 0 N–H and O–H groups in total. The van der Waals surface area contributed by atoms with Crippen LogP contribution in [0.15, 0.2) is 24.3 Å². The molecule has 1 fully saturated rings. The number of carbonyl (C=O) groups is 1. The molecule has 1 nitrogen and oxygen atoms in total. The van der Waals surface area contributed by atoms with Crippen LogP contribution in [0.25, 0.3) is 0 Å². The molecule has 0 spiro atoms. The molecule has 66 valence electrons. The summed E-state index contributed by atoms with van der Waals surface area (Å²) in [6.45, 7) is 0. The second kappa shape index (κ2) is 2.44. The van der Waals surface area contributed by atoms with Crippen LogP contribution < -0.4 is 0 Å². The van der Waals surface area contributed by atoms with E-state index in [9.17, 15) is 4.79 Å². The summed E-state index contributed by atoms with van der Waals surface area (Å²) >= 11 is 0. The number of fused-ring (bicyclic) bond motifs is 2. The summed E-state index contributed by atoms with van der Waals surface area (Å²) in [6, 6.07) is 8.08. The molecule has 1 saturated carbocycles. The Balaban J connectivity index is 2.11. The maximum Gasteiger partial charge on any atom is 0.166 e. The van der Waals surface area contributed by atoms with Crippen LogP contribution in [-0.4, -0.2) is 5.78 Å². The first-order valence-electron chi connectivity index (χ1n) is 4.98. The average Bonchev–Trinajstić information content (AvgIpc) is 2.11. The Labute approximate surface area is 77.8 Å². The minimum Gasteiger partial charge on any atom is -0.294 e. The Morgan fingerprint density at radius 1 is 1.15 bits per heavy atom. The second-order valence-electron chi connectivity index (χ2n) is 4.17. The summed E-state index contributed by atoms with van der Waals surface area (Å²) in [5, 5.41) is 0. The first-order chi connectivity index (χ1) is 6.36. The van der Waals surface area contributed by atoms with Gasteiger partial charge in [0.15, 0.2) is 5.78 Å². The molecule has 0 aliphatic heterocycles. The fourth-order valence-corrected chi connectivity index (χ4v) is 2.58. The van der Waals surface area contributed by atoms with Gasteiger partial charge < -0.3 is 0 Å². The van der Waals surface area contributed by atoms with Crippen LogP contribution in [0.4, 0.5) is 0 Å². The van der Waals surface area contributed by atoms with Crippen LogP contribution in [0.1, 0.15) is 28.8 Å². The number of hydrogen-bond acceptors (Lipinski definition) is 1. The van der Waals surface area contributed by atoms with E-state index in [0.29, 0.717) is 17.6 Å². The maximum atomic E-state index is 11.9. The van der Waals surface area contributed by atoms with Crippen LogP contribution >= 0.6 is 0 Å². The molecule has 0 radical (unpaired) electrons. The third-order valence-electron chi connectivity index (χ3n) is 3.52. The fourth-order valence-electron chi connectivity index (χ4n) is 2.58. The van der Waals surface area contributed by atoms with Crippen molar-refractivity contribution in [3.63, 3.8) is 0 Å². The molecule has 0 aromatic heterocycles. The Hall–Kier alpha value is -1.11. The highest BCUT2D eigenvalue weighted by molar-refractivity contribution is 6.01. The van der Waals surface area contributed by atoms with Gasteiger partial charge in [0, 0.05) is 11.5 Å². The normalized spacial score (nSPS) is 30.3. The van der Waals surface area contributed by atoms with Crippen LogP contribution in [0.2, 0.25) is 0 Å². The zero-order chi connectivity index (χ0) is 8.84. The summed E-state index contributed by atoms with van der Waals surface area (Å²) in [6.07, 6.45) is 3.51. The van der Waals surface area contributed by atoms with E-state index < -0.39 is 0 Å². The van der Waals surface area contributed by atoms with Crippen molar-refractivity contribution in [3.05, 3.63) is 35.4 Å². The lowest BCUT2D eigenvalue weighted by Crippen LogP contribution is -2.38. The Kier molecular flexibility index (Phi) is 1.37. The summed E-state index contributed by atoms with van der Waals surface area (Å²) in [5.74, 6) is 1.44. The largest absolute Gasteiger partial charge is 0.294 e. The number of hydrogen-bond donors (Lipinski definition) is 0. The van der Waals surface area contributed by atoms with Gasteiger partial charge in [-0.3, -0.25) is 4.79 Å². The van der Waals surface area contributed by atoms with E-state index in [1.54, 1.807) is 0 Å². The SMILES string of the molecule is O=C1c2ccccc2C[C@@H]2CC[C@H]12. The van der Waals surface area contributed by atoms with Gasteiger partial charge in [0.25, 0.3) is 0 Å². The molecule has 0 amide bonds. The quantitative estimate of drug-likeness (QED) is 0.587. The summed E-state index contributed by atoms with van der Waals surface area (Å²) in [4.78, 5) is 11.9. The van der Waals surface area contributed by atoms with Crippen molar-refractivity contribution in [1.82, 2.24) is 0 Å². The molecular formula is C12H12O. The topological polar surface area (TPSA) is 17.1 Å². The Morgan fingerprint density at radius 3 is 2.77 bits per heavy atom. The van der Waals surface area contributed by atoms with Crippen molar-refractivity contribution >= 4 is 5.78 Å². The molecule has 2 aliphatic rings. The number of benzene rings is 1. The van der Waals surface area contributed by atoms with Gasteiger partial charge in [-0.25, -0.2) is 0 Å². The first-order valence-corrected chi connectivity index (χ1v) is 4.98. The molecule has 1 heteroatoms. The zero-order valence-corrected chi connectivity index (χ0v) is 7.49. The Morgan fingerprint density at radius 2 is 2.00 bits per heavy atom. The van der Waals surface area contributed by atoms with E-state index in [4.69, 9.17) is 0 Å². The van der Waals surface area contributed by atoms with Gasteiger partial charge in [-0.2, -0.15) is 0 Å². The highest BCUT2D eigenvalue weighted by Gasteiger charge is 2.40. The lowest BCUT2D eigenvalue weighted by Gasteiger charge is -2.39. The molecule has 1 aromatic carbocycles. The third kappa shape index (κ3) is 0.902. The van der Waals surface area contributed by atoms with Crippen molar-refractivity contribution in [2.24, 2.45) is 11.8 Å². The Bertz CT molecular complexity index is 367. The number of ketones is 1. The summed E-state index contributed by atoms with van der Waals surface area (Å²) in [7, 11) is 0. The molecule has 3 rings (SSSR count). The molecule has 0 saturated heterocycles. The van der Waals surface area contributed by atoms with Crippen LogP contribution in [0.3, 0.4) is 0 Å². The molecule has 0 heterocycles. The van der Waals surface area contributed by atoms with E-state index in [1.807, 2.05) is 18.2 Å². The highest BCUT2D eigenvalue weighted by atomic mass is 16.1. The predicted octanol–water partition coefficient (Wildman–Crippen LogP) is 2.45. The van der Waals surface area contributed by atoms with Gasteiger partial charge >= 0.3 is 0 Å². The minimum atomic E-state index is 0.370. The van der Waals surface area contributed by atoms with Crippen molar-refractivity contribution in [3.8, 4) is 0 Å². The third-order valence-corrected chi connectivity index (χ3v) is 3.52. The zero-order valence-electron chi connectivity index (χ0n) is 7.49. The van der Waals surface area contributed by atoms with Gasteiger partial charge in [0.2, 0.25) is 0 Å². The van der Waals surface area contributed by atoms with Crippen molar-refractivity contribution in [2.45, 2.75) is 19.3 Å². The van der Waals surface area contributed by atoms with Gasteiger partial charge in [0.1, 0.15) is 0 Å². The first kappa shape index (κ1) is 7.31. The van der Waals surface area contributed by atoms with Gasteiger partial charge in [-0.05, 0) is 30.7 Å². The van der Waals surface area contributed by atoms with Crippen molar-refractivity contribution in [1.29, 1.82) is 0 Å². The van der Waals surface area contributed by atoms with Gasteiger partial charge in [-0.1, -0.05) is 24.3 Å². The van der Waals surface area contributed by atoms with Crippen LogP contribution in [-0.2, 0) is 6.42 Å². The van der Waals surface area contributed by atoms with Gasteiger partial charge in [-0.15, -0.1) is 0 Å². The maximum absolute atomic E-state index is 11.9. The monoisotopic (exact) mass is 172 g/mol. The van der Waals surface area contributed by atoms with E-state index in [-0.39, 0.29) is 0 Å². The predicted molar refractivity (Wildman–Crippen MR) is 50.7 cm³/mol. The van der Waals surface area contributed by atoms with E-state index >= 15 is 0 Å². The van der Waals surface area contributed by atoms with E-state index in [0.717, 1.165) is 18.4 Å².